The largest absolute Gasteiger partial charge is 0.335 e. The lowest BCUT2D eigenvalue weighted by Gasteiger charge is -2.31. The molecule has 1 saturated carbocycles. The number of amides is 3. The first-order chi connectivity index (χ1) is 13.2. The van der Waals surface area contributed by atoms with Crippen LogP contribution >= 0.6 is 22.7 Å². The molecule has 3 heterocycles. The zero-order valence-corrected chi connectivity index (χ0v) is 17.0. The monoisotopic (exact) mass is 404 g/mol. The van der Waals surface area contributed by atoms with Gasteiger partial charge in [-0.1, -0.05) is 25.3 Å². The van der Waals surface area contributed by atoms with Gasteiger partial charge in [0.25, 0.3) is 5.91 Å². The van der Waals surface area contributed by atoms with Crippen LogP contribution in [0.1, 0.15) is 53.5 Å². The van der Waals surface area contributed by atoms with Crippen LogP contribution in [0.4, 0.5) is 4.79 Å². The Morgan fingerprint density at radius 1 is 1.11 bits per heavy atom. The quantitative estimate of drug-likeness (QED) is 0.733. The number of thiophene rings is 2. The third-order valence-electron chi connectivity index (χ3n) is 5.58. The molecular weight excluding hydrogens is 378 g/mol. The molecule has 2 aromatic heterocycles. The van der Waals surface area contributed by atoms with E-state index in [1.807, 2.05) is 0 Å². The summed E-state index contributed by atoms with van der Waals surface area (Å²) in [6.45, 7) is 1.23. The fraction of sp³-hybridized carbons (Fsp3) is 0.500. The highest BCUT2D eigenvalue weighted by Gasteiger charge is 2.35. The topological polar surface area (TPSA) is 62.6 Å². The number of carbonyl (C=O) groups excluding carboxylic acids is 2. The number of carbonyl (C=O) groups is 2. The van der Waals surface area contributed by atoms with E-state index >= 15 is 0 Å². The van der Waals surface area contributed by atoms with E-state index in [1.54, 1.807) is 22.7 Å². The Hall–Kier alpha value is -1.70. The Kier molecular flexibility index (Phi) is 5.90. The zero-order valence-electron chi connectivity index (χ0n) is 15.3. The second kappa shape index (κ2) is 8.54. The lowest BCUT2D eigenvalue weighted by Crippen LogP contribution is -3.14. The first kappa shape index (κ1) is 18.7. The van der Waals surface area contributed by atoms with Crippen LogP contribution in [-0.2, 0) is 11.2 Å². The molecule has 1 aliphatic carbocycles. The maximum absolute atomic E-state index is 12.5. The fourth-order valence-electron chi connectivity index (χ4n) is 4.30. The van der Waals surface area contributed by atoms with Gasteiger partial charge in [-0.05, 0) is 35.7 Å². The van der Waals surface area contributed by atoms with Crippen LogP contribution in [0.15, 0.2) is 29.0 Å². The number of nitrogens with one attached hydrogen (secondary N) is 3. The van der Waals surface area contributed by atoms with Crippen LogP contribution in [0.2, 0.25) is 0 Å². The lowest BCUT2D eigenvalue weighted by molar-refractivity contribution is -0.919. The van der Waals surface area contributed by atoms with Gasteiger partial charge < -0.3 is 10.2 Å². The number of hydrogen-bond donors (Lipinski definition) is 3. The predicted octanol–water partition coefficient (Wildman–Crippen LogP) is 2.50. The van der Waals surface area contributed by atoms with Crippen molar-refractivity contribution in [1.29, 1.82) is 0 Å². The van der Waals surface area contributed by atoms with Gasteiger partial charge in [0, 0.05) is 22.9 Å². The average Bonchev–Trinajstić information content (AvgIpc) is 3.34. The summed E-state index contributed by atoms with van der Waals surface area (Å²) in [4.78, 5) is 28.6. The third-order valence-corrected chi connectivity index (χ3v) is 7.51. The van der Waals surface area contributed by atoms with Gasteiger partial charge in [-0.15, -0.1) is 22.7 Å². The summed E-state index contributed by atoms with van der Waals surface area (Å²) >= 11 is 3.54. The van der Waals surface area contributed by atoms with E-state index in [0.29, 0.717) is 6.54 Å². The van der Waals surface area contributed by atoms with Gasteiger partial charge in [-0.2, -0.15) is 0 Å². The molecule has 7 heteroatoms. The average molecular weight is 405 g/mol. The Labute approximate surface area is 167 Å². The second-order valence-corrected chi connectivity index (χ2v) is 9.42. The van der Waals surface area contributed by atoms with Crippen molar-refractivity contribution in [3.8, 4) is 0 Å². The summed E-state index contributed by atoms with van der Waals surface area (Å²) in [6.07, 6.45) is 6.57. The number of rotatable bonds is 4. The number of quaternary nitrogens is 1. The molecule has 2 aliphatic rings. The Bertz CT molecular complexity index is 781. The van der Waals surface area contributed by atoms with Gasteiger partial charge in [0.2, 0.25) is 0 Å². The Balaban J connectivity index is 1.39. The Morgan fingerprint density at radius 3 is 2.74 bits per heavy atom. The summed E-state index contributed by atoms with van der Waals surface area (Å²) in [5.41, 5.74) is 1.34. The van der Waals surface area contributed by atoms with E-state index in [0.717, 1.165) is 38.6 Å². The van der Waals surface area contributed by atoms with Crippen LogP contribution in [0.3, 0.4) is 0 Å². The van der Waals surface area contributed by atoms with Crippen LogP contribution in [0.25, 0.3) is 0 Å². The van der Waals surface area contributed by atoms with Crippen LogP contribution in [-0.4, -0.2) is 31.1 Å². The minimum atomic E-state index is -0.341. The van der Waals surface area contributed by atoms with Gasteiger partial charge >= 0.3 is 6.03 Å². The smallest absolute Gasteiger partial charge is 0.321 e. The molecule has 0 saturated heterocycles. The molecule has 4 rings (SSSR count). The van der Waals surface area contributed by atoms with Crippen molar-refractivity contribution in [3.05, 3.63) is 44.3 Å². The van der Waals surface area contributed by atoms with Gasteiger partial charge in [0.05, 0.1) is 11.4 Å². The summed E-state index contributed by atoms with van der Waals surface area (Å²) in [5, 5.41) is 9.75. The highest BCUT2D eigenvalue weighted by atomic mass is 32.1. The molecule has 3 amide bonds. The third kappa shape index (κ3) is 4.42. The van der Waals surface area contributed by atoms with Crippen LogP contribution < -0.4 is 15.5 Å². The van der Waals surface area contributed by atoms with Gasteiger partial charge in [-0.25, -0.2) is 4.79 Å². The number of fused-ring (bicyclic) bond motifs is 1. The lowest BCUT2D eigenvalue weighted by atomic mass is 9.96. The van der Waals surface area contributed by atoms with E-state index in [4.69, 9.17) is 0 Å². The summed E-state index contributed by atoms with van der Waals surface area (Å²) in [6, 6.07) is 6.46. The number of imide groups is 1. The maximum atomic E-state index is 12.5. The molecule has 3 N–H and O–H groups in total. The molecule has 27 heavy (non-hydrogen) atoms. The molecule has 0 aromatic carbocycles. The van der Waals surface area contributed by atoms with Crippen molar-refractivity contribution in [3.63, 3.8) is 0 Å². The molecule has 0 spiro atoms. The summed E-state index contributed by atoms with van der Waals surface area (Å²) in [5.74, 6) is -0.196. The highest BCUT2D eigenvalue weighted by molar-refractivity contribution is 7.10. The van der Waals surface area contributed by atoms with Gasteiger partial charge in [-0.3, -0.25) is 10.1 Å². The fourth-order valence-corrected chi connectivity index (χ4v) is 6.12. The van der Waals surface area contributed by atoms with E-state index in [-0.39, 0.29) is 24.0 Å². The van der Waals surface area contributed by atoms with Crippen molar-refractivity contribution in [2.45, 2.75) is 50.6 Å². The maximum Gasteiger partial charge on any atom is 0.321 e. The number of urea groups is 1. The number of hydrogen-bond acceptors (Lipinski definition) is 4. The van der Waals surface area contributed by atoms with Crippen molar-refractivity contribution < 1.29 is 14.5 Å². The minimum absolute atomic E-state index is 0.187. The molecular formula is C20H26N3O2S2+. The first-order valence-corrected chi connectivity index (χ1v) is 11.5. The standard InChI is InChI=1S/C20H25N3O2S2/c24-18(22-20(25)21-14-5-2-1-3-6-14)13-23-10-8-16-15(9-12-27-16)19(23)17-7-4-11-26-17/h4,7,9,11-12,14,19H,1-3,5-6,8,10,13H2,(H2,21,22,24,25)/p+1/t19-/m1/s1. The Morgan fingerprint density at radius 2 is 1.96 bits per heavy atom. The molecule has 0 bridgehead atoms. The van der Waals surface area contributed by atoms with Crippen molar-refractivity contribution >= 4 is 34.6 Å². The van der Waals surface area contributed by atoms with Crippen molar-refractivity contribution in [2.24, 2.45) is 0 Å². The highest BCUT2D eigenvalue weighted by Crippen LogP contribution is 2.31. The normalized spacial score (nSPS) is 22.8. The molecule has 144 valence electrons. The van der Waals surface area contributed by atoms with E-state index < -0.39 is 0 Å². The van der Waals surface area contributed by atoms with E-state index in [9.17, 15) is 9.59 Å². The molecule has 5 nitrogen and oxygen atoms in total. The predicted molar refractivity (Wildman–Crippen MR) is 108 cm³/mol. The summed E-state index contributed by atoms with van der Waals surface area (Å²) in [7, 11) is 0. The zero-order chi connectivity index (χ0) is 18.6. The summed E-state index contributed by atoms with van der Waals surface area (Å²) < 4.78 is 0. The SMILES string of the molecule is O=C(C[NH+]1CCc2sccc2[C@@H]1c1cccs1)NC(=O)NC1CCCCC1. The van der Waals surface area contributed by atoms with Crippen LogP contribution in [0, 0.1) is 0 Å². The molecule has 0 radical (unpaired) electrons. The molecule has 2 aromatic rings. The van der Waals surface area contributed by atoms with E-state index in [1.165, 1.54) is 26.6 Å². The molecule has 1 fully saturated rings. The minimum Gasteiger partial charge on any atom is -0.335 e. The molecule has 2 atom stereocenters. The first-order valence-electron chi connectivity index (χ1n) is 9.75. The van der Waals surface area contributed by atoms with Gasteiger partial charge in [0.1, 0.15) is 6.04 Å². The molecule has 1 unspecified atom stereocenters. The van der Waals surface area contributed by atoms with Crippen LogP contribution in [0.5, 0.6) is 0 Å². The van der Waals surface area contributed by atoms with E-state index in [2.05, 4.69) is 39.6 Å². The second-order valence-electron chi connectivity index (χ2n) is 7.44. The molecule has 1 aliphatic heterocycles. The van der Waals surface area contributed by atoms with Gasteiger partial charge in [0.15, 0.2) is 6.54 Å². The van der Waals surface area contributed by atoms with Crippen molar-refractivity contribution in [2.75, 3.05) is 13.1 Å². The van der Waals surface area contributed by atoms with Crippen molar-refractivity contribution in [1.82, 2.24) is 10.6 Å².